The minimum atomic E-state index is -0.404. The van der Waals surface area contributed by atoms with Gasteiger partial charge in [0.2, 0.25) is 0 Å². The number of ether oxygens (including phenoxy) is 5. The molecule has 6 heteroatoms. The summed E-state index contributed by atoms with van der Waals surface area (Å²) in [6, 6.07) is 40.8. The van der Waals surface area contributed by atoms with Crippen LogP contribution >= 0.6 is 11.8 Å². The van der Waals surface area contributed by atoms with E-state index in [0.29, 0.717) is 33.0 Å². The van der Waals surface area contributed by atoms with Gasteiger partial charge in [-0.1, -0.05) is 121 Å². The number of benzene rings is 4. The third-order valence-electron chi connectivity index (χ3n) is 7.07. The first-order valence-electron chi connectivity index (χ1n) is 14.1. The fourth-order valence-corrected chi connectivity index (χ4v) is 5.69. The van der Waals surface area contributed by atoms with Gasteiger partial charge in [-0.15, -0.1) is 11.8 Å². The van der Waals surface area contributed by atoms with E-state index < -0.39 is 6.10 Å². The van der Waals surface area contributed by atoms with Gasteiger partial charge in [-0.05, 0) is 28.5 Å². The van der Waals surface area contributed by atoms with Gasteiger partial charge in [0.15, 0.2) is 0 Å². The molecule has 1 saturated heterocycles. The molecule has 1 aliphatic rings. The van der Waals surface area contributed by atoms with E-state index in [2.05, 4.69) is 48.5 Å². The molecule has 4 aromatic carbocycles. The predicted molar refractivity (Wildman–Crippen MR) is 163 cm³/mol. The Morgan fingerprint density at radius 2 is 0.902 bits per heavy atom. The Morgan fingerprint density at radius 3 is 1.34 bits per heavy atom. The monoisotopic (exact) mass is 570 g/mol. The highest BCUT2D eigenvalue weighted by atomic mass is 32.2. The second-order valence-corrected chi connectivity index (χ2v) is 11.0. The van der Waals surface area contributed by atoms with Crippen LogP contribution in [0.15, 0.2) is 121 Å². The van der Waals surface area contributed by atoms with Gasteiger partial charge in [-0.3, -0.25) is 0 Å². The molecule has 0 N–H and O–H groups in total. The molecular weight excluding hydrogens is 532 g/mol. The fraction of sp³-hybridized carbons (Fsp3) is 0.314. The number of hydrogen-bond acceptors (Lipinski definition) is 6. The van der Waals surface area contributed by atoms with Crippen molar-refractivity contribution in [2.75, 3.05) is 12.9 Å². The zero-order valence-electron chi connectivity index (χ0n) is 23.4. The van der Waals surface area contributed by atoms with E-state index in [1.54, 1.807) is 11.8 Å². The Balaban J connectivity index is 1.38. The van der Waals surface area contributed by atoms with E-state index in [9.17, 15) is 0 Å². The van der Waals surface area contributed by atoms with Crippen LogP contribution < -0.4 is 0 Å². The van der Waals surface area contributed by atoms with Crippen LogP contribution in [-0.4, -0.2) is 42.7 Å². The molecule has 5 rings (SSSR count). The van der Waals surface area contributed by atoms with Crippen molar-refractivity contribution >= 4 is 11.8 Å². The van der Waals surface area contributed by atoms with E-state index >= 15 is 0 Å². The maximum atomic E-state index is 6.70. The maximum absolute atomic E-state index is 6.70. The van der Waals surface area contributed by atoms with E-state index in [1.807, 2.05) is 79.1 Å². The Labute approximate surface area is 247 Å². The summed E-state index contributed by atoms with van der Waals surface area (Å²) >= 11 is 1.63. The molecular formula is C35H38O5S. The van der Waals surface area contributed by atoms with Crippen LogP contribution in [0, 0.1) is 0 Å². The quantitative estimate of drug-likeness (QED) is 0.162. The molecule has 4 aromatic rings. The van der Waals surface area contributed by atoms with Crippen molar-refractivity contribution < 1.29 is 23.7 Å². The Hall–Kier alpha value is -2.97. The van der Waals surface area contributed by atoms with Gasteiger partial charge < -0.3 is 23.7 Å². The van der Waals surface area contributed by atoms with Gasteiger partial charge >= 0.3 is 0 Å². The number of rotatable bonds is 14. The van der Waals surface area contributed by atoms with Crippen LogP contribution in [0.3, 0.4) is 0 Å². The molecule has 0 aromatic heterocycles. The average Bonchev–Trinajstić information content (AvgIpc) is 3.04. The van der Waals surface area contributed by atoms with E-state index in [1.165, 1.54) is 0 Å². The summed E-state index contributed by atoms with van der Waals surface area (Å²) in [4.78, 5) is 0. The first kappa shape index (κ1) is 29.5. The van der Waals surface area contributed by atoms with Crippen molar-refractivity contribution in [3.8, 4) is 0 Å². The molecule has 1 heterocycles. The Morgan fingerprint density at radius 1 is 0.512 bits per heavy atom. The summed E-state index contributed by atoms with van der Waals surface area (Å²) in [6.45, 7) is 2.21. The second kappa shape index (κ2) is 15.9. The summed E-state index contributed by atoms with van der Waals surface area (Å²) in [7, 11) is 0. The van der Waals surface area contributed by atoms with Crippen LogP contribution in [0.4, 0.5) is 0 Å². The lowest BCUT2D eigenvalue weighted by atomic mass is 9.98. The number of hydrogen-bond donors (Lipinski definition) is 0. The van der Waals surface area contributed by atoms with Crippen molar-refractivity contribution in [1.82, 2.24) is 0 Å². The average molecular weight is 571 g/mol. The summed E-state index contributed by atoms with van der Waals surface area (Å²) in [6.07, 6.45) is 0.584. The molecule has 214 valence electrons. The molecule has 0 spiro atoms. The lowest BCUT2D eigenvalue weighted by Crippen LogP contribution is -2.60. The lowest BCUT2D eigenvalue weighted by molar-refractivity contribution is -0.254. The van der Waals surface area contributed by atoms with Gasteiger partial charge in [0, 0.05) is 0 Å². The molecule has 1 fully saturated rings. The van der Waals surface area contributed by atoms with Crippen molar-refractivity contribution in [3.63, 3.8) is 0 Å². The smallest absolute Gasteiger partial charge is 0.132 e. The van der Waals surface area contributed by atoms with Crippen LogP contribution in [0.25, 0.3) is 0 Å². The predicted octanol–water partition coefficient (Wildman–Crippen LogP) is 7.05. The highest BCUT2D eigenvalue weighted by molar-refractivity contribution is 7.99. The van der Waals surface area contributed by atoms with Crippen LogP contribution in [0.1, 0.15) is 22.3 Å². The van der Waals surface area contributed by atoms with Crippen molar-refractivity contribution in [1.29, 1.82) is 0 Å². The molecule has 0 saturated carbocycles. The SMILES string of the molecule is CS[C@@H]1OC(COCc2ccccc2)[C@H](OCc2ccccc2)C(OCc2ccccc2)C1OCc1ccccc1. The minimum absolute atomic E-state index is 0.249. The maximum Gasteiger partial charge on any atom is 0.132 e. The summed E-state index contributed by atoms with van der Waals surface area (Å²) in [5, 5.41) is 0. The van der Waals surface area contributed by atoms with E-state index in [4.69, 9.17) is 23.7 Å². The molecule has 0 radical (unpaired) electrons. The largest absolute Gasteiger partial charge is 0.374 e. The molecule has 0 amide bonds. The molecule has 1 aliphatic heterocycles. The number of thioether (sulfide) groups is 1. The lowest BCUT2D eigenvalue weighted by Gasteiger charge is -2.45. The standard InChI is InChI=1S/C35H38O5S/c1-41-35-34(39-25-30-20-12-5-13-21-30)33(38-24-29-18-10-4-11-19-29)32(37-23-28-16-8-3-9-17-28)31(40-35)26-36-22-27-14-6-2-7-15-27/h2-21,31-35H,22-26H2,1H3/t31?,32-,33?,34?,35-/m0/s1. The normalized spacial score (nSPS) is 22.4. The van der Waals surface area contributed by atoms with Crippen LogP contribution in [0.2, 0.25) is 0 Å². The van der Waals surface area contributed by atoms with Crippen LogP contribution in [0.5, 0.6) is 0 Å². The Bertz CT molecular complexity index is 1260. The molecule has 0 bridgehead atoms. The zero-order chi connectivity index (χ0) is 28.1. The van der Waals surface area contributed by atoms with Gasteiger partial charge in [0.25, 0.3) is 0 Å². The highest BCUT2D eigenvalue weighted by Crippen LogP contribution is 2.34. The zero-order valence-corrected chi connectivity index (χ0v) is 24.2. The van der Waals surface area contributed by atoms with Crippen LogP contribution in [-0.2, 0) is 50.1 Å². The summed E-state index contributed by atoms with van der Waals surface area (Å²) < 4.78 is 32.8. The summed E-state index contributed by atoms with van der Waals surface area (Å²) in [5.41, 5.74) is 4.16. The first-order chi connectivity index (χ1) is 20.3. The van der Waals surface area contributed by atoms with Crippen molar-refractivity contribution in [2.24, 2.45) is 0 Å². The summed E-state index contributed by atoms with van der Waals surface area (Å²) in [5.74, 6) is 0. The highest BCUT2D eigenvalue weighted by Gasteiger charge is 2.48. The second-order valence-electron chi connectivity index (χ2n) is 10.1. The molecule has 5 nitrogen and oxygen atoms in total. The van der Waals surface area contributed by atoms with Gasteiger partial charge in [-0.25, -0.2) is 0 Å². The minimum Gasteiger partial charge on any atom is -0.374 e. The topological polar surface area (TPSA) is 46.2 Å². The third-order valence-corrected chi connectivity index (χ3v) is 7.92. The Kier molecular flexibility index (Phi) is 11.4. The third kappa shape index (κ3) is 8.76. The fourth-order valence-electron chi connectivity index (χ4n) is 4.94. The van der Waals surface area contributed by atoms with Gasteiger partial charge in [0.05, 0.1) is 33.0 Å². The molecule has 41 heavy (non-hydrogen) atoms. The molecule has 0 aliphatic carbocycles. The van der Waals surface area contributed by atoms with Gasteiger partial charge in [0.1, 0.15) is 29.9 Å². The van der Waals surface area contributed by atoms with Gasteiger partial charge in [-0.2, -0.15) is 0 Å². The van der Waals surface area contributed by atoms with E-state index in [-0.39, 0.29) is 23.7 Å². The van der Waals surface area contributed by atoms with Crippen molar-refractivity contribution in [2.45, 2.75) is 56.3 Å². The van der Waals surface area contributed by atoms with E-state index in [0.717, 1.165) is 22.3 Å². The van der Waals surface area contributed by atoms with Crippen molar-refractivity contribution in [3.05, 3.63) is 144 Å². The molecule has 5 atom stereocenters. The molecule has 3 unspecified atom stereocenters. The first-order valence-corrected chi connectivity index (χ1v) is 15.4.